The van der Waals surface area contributed by atoms with Gasteiger partial charge in [0, 0.05) is 12.7 Å². The van der Waals surface area contributed by atoms with E-state index in [2.05, 4.69) is 15.6 Å². The van der Waals surface area contributed by atoms with Gasteiger partial charge in [-0.05, 0) is 12.1 Å². The first-order valence-electron chi connectivity index (χ1n) is 5.49. The number of benzene rings is 1. The van der Waals surface area contributed by atoms with Crippen LogP contribution in [0.3, 0.4) is 0 Å². The van der Waals surface area contributed by atoms with Gasteiger partial charge in [-0.1, -0.05) is 5.21 Å². The highest BCUT2D eigenvalue weighted by molar-refractivity contribution is 6.00. The predicted molar refractivity (Wildman–Crippen MR) is 66.3 cm³/mol. The van der Waals surface area contributed by atoms with Crippen LogP contribution in [-0.2, 0) is 6.54 Å². The van der Waals surface area contributed by atoms with Crippen LogP contribution in [0, 0.1) is 5.82 Å². The Bertz CT molecular complexity index is 585. The monoisotopic (exact) mass is 265 g/mol. The summed E-state index contributed by atoms with van der Waals surface area (Å²) in [6, 6.07) is 2.47. The van der Waals surface area contributed by atoms with Gasteiger partial charge < -0.3 is 16.2 Å². The van der Waals surface area contributed by atoms with Crippen molar-refractivity contribution < 1.29 is 14.3 Å². The van der Waals surface area contributed by atoms with Crippen LogP contribution in [0.1, 0.15) is 10.4 Å². The van der Waals surface area contributed by atoms with E-state index >= 15 is 0 Å². The molecule has 0 aliphatic rings. The number of carboxylic acids is 1. The van der Waals surface area contributed by atoms with Crippen LogP contribution in [0.4, 0.5) is 15.8 Å². The fraction of sp³-hybridized carbons (Fsp3) is 0.182. The molecule has 0 aliphatic carbocycles. The molecule has 4 N–H and O–H groups in total. The average Bonchev–Trinajstić information content (AvgIpc) is 2.86. The van der Waals surface area contributed by atoms with Crippen LogP contribution in [0.25, 0.3) is 0 Å². The normalized spacial score (nSPS) is 10.4. The number of nitrogen functional groups attached to an aromatic ring is 1. The molecule has 1 aromatic heterocycles. The molecule has 1 aromatic carbocycles. The Morgan fingerprint density at radius 3 is 2.95 bits per heavy atom. The van der Waals surface area contributed by atoms with Crippen LogP contribution in [0.5, 0.6) is 0 Å². The van der Waals surface area contributed by atoms with Crippen molar-refractivity contribution in [3.05, 3.63) is 35.9 Å². The maximum atomic E-state index is 13.2. The van der Waals surface area contributed by atoms with Crippen molar-refractivity contribution in [2.45, 2.75) is 6.54 Å². The molecule has 1 heterocycles. The molecule has 0 saturated heterocycles. The first-order valence-corrected chi connectivity index (χ1v) is 5.49. The molecule has 19 heavy (non-hydrogen) atoms. The standard InChI is InChI=1S/C11H12FN5O2/c12-7-1-2-8(9(10(7)13)11(18)19)14-3-5-17-6-4-15-16-17/h1-2,4,6,14H,3,5,13H2,(H,18,19). The molecular weight excluding hydrogens is 253 g/mol. The maximum absolute atomic E-state index is 13.2. The molecule has 0 bridgehead atoms. The lowest BCUT2D eigenvalue weighted by molar-refractivity contribution is 0.0698. The zero-order chi connectivity index (χ0) is 13.8. The van der Waals surface area contributed by atoms with Gasteiger partial charge >= 0.3 is 5.97 Å². The number of hydrogen-bond acceptors (Lipinski definition) is 5. The van der Waals surface area contributed by atoms with Crippen LogP contribution >= 0.6 is 0 Å². The van der Waals surface area contributed by atoms with Crippen molar-refractivity contribution in [3.8, 4) is 0 Å². The minimum atomic E-state index is -1.28. The Labute approximate surface area is 107 Å². The zero-order valence-electron chi connectivity index (χ0n) is 9.88. The van der Waals surface area contributed by atoms with Gasteiger partial charge in [-0.25, -0.2) is 9.18 Å². The van der Waals surface area contributed by atoms with Gasteiger partial charge in [0.25, 0.3) is 0 Å². The van der Waals surface area contributed by atoms with Gasteiger partial charge in [0.2, 0.25) is 0 Å². The third-order valence-corrected chi connectivity index (χ3v) is 2.53. The smallest absolute Gasteiger partial charge is 0.340 e. The molecule has 2 rings (SSSR count). The number of anilines is 2. The molecule has 0 saturated carbocycles. The molecule has 7 nitrogen and oxygen atoms in total. The number of nitrogens with one attached hydrogen (secondary N) is 1. The quantitative estimate of drug-likeness (QED) is 0.691. The molecular formula is C11H12FN5O2. The van der Waals surface area contributed by atoms with Crippen molar-refractivity contribution in [2.75, 3.05) is 17.6 Å². The minimum absolute atomic E-state index is 0.265. The van der Waals surface area contributed by atoms with Gasteiger partial charge in [0.15, 0.2) is 0 Å². The largest absolute Gasteiger partial charge is 0.478 e. The van der Waals surface area contributed by atoms with Crippen molar-refractivity contribution in [3.63, 3.8) is 0 Å². The number of hydrogen-bond donors (Lipinski definition) is 3. The molecule has 0 atom stereocenters. The molecule has 100 valence electrons. The van der Waals surface area contributed by atoms with E-state index in [1.807, 2.05) is 0 Å². The SMILES string of the molecule is Nc1c(F)ccc(NCCn2ccnn2)c1C(=O)O. The van der Waals surface area contributed by atoms with E-state index < -0.39 is 11.8 Å². The Morgan fingerprint density at radius 1 is 1.53 bits per heavy atom. The van der Waals surface area contributed by atoms with E-state index in [-0.39, 0.29) is 16.9 Å². The number of carboxylic acid groups (broad SMARTS) is 1. The number of aromatic carboxylic acids is 1. The fourth-order valence-corrected chi connectivity index (χ4v) is 1.63. The number of rotatable bonds is 5. The minimum Gasteiger partial charge on any atom is -0.478 e. The second kappa shape index (κ2) is 5.34. The number of nitrogens with two attached hydrogens (primary N) is 1. The van der Waals surface area contributed by atoms with Crippen LogP contribution < -0.4 is 11.1 Å². The summed E-state index contributed by atoms with van der Waals surface area (Å²) >= 11 is 0. The Hall–Kier alpha value is -2.64. The molecule has 0 amide bonds. The lowest BCUT2D eigenvalue weighted by atomic mass is 10.1. The second-order valence-electron chi connectivity index (χ2n) is 3.78. The Morgan fingerprint density at radius 2 is 2.32 bits per heavy atom. The third kappa shape index (κ3) is 2.79. The Balaban J connectivity index is 2.11. The van der Waals surface area contributed by atoms with Crippen LogP contribution in [0.15, 0.2) is 24.5 Å². The Kier molecular flexibility index (Phi) is 3.60. The van der Waals surface area contributed by atoms with Gasteiger partial charge in [-0.15, -0.1) is 5.10 Å². The molecule has 0 spiro atoms. The topological polar surface area (TPSA) is 106 Å². The highest BCUT2D eigenvalue weighted by Crippen LogP contribution is 2.24. The molecule has 0 aliphatic heterocycles. The number of carbonyl (C=O) groups is 1. The lowest BCUT2D eigenvalue weighted by Crippen LogP contribution is -2.15. The highest BCUT2D eigenvalue weighted by Gasteiger charge is 2.17. The van der Waals surface area contributed by atoms with Gasteiger partial charge in [-0.3, -0.25) is 4.68 Å². The first-order chi connectivity index (χ1) is 9.09. The highest BCUT2D eigenvalue weighted by atomic mass is 19.1. The molecule has 8 heteroatoms. The first kappa shape index (κ1) is 12.8. The van der Waals surface area contributed by atoms with Gasteiger partial charge in [0.1, 0.15) is 11.4 Å². The summed E-state index contributed by atoms with van der Waals surface area (Å²) < 4.78 is 14.8. The predicted octanol–water partition coefficient (Wildman–Crippen LogP) is 0.810. The lowest BCUT2D eigenvalue weighted by Gasteiger charge is -2.11. The summed E-state index contributed by atoms with van der Waals surface area (Å²) in [5.41, 5.74) is 5.06. The van der Waals surface area contributed by atoms with E-state index in [0.29, 0.717) is 13.1 Å². The molecule has 0 radical (unpaired) electrons. The molecule has 2 aromatic rings. The van der Waals surface area contributed by atoms with E-state index in [1.165, 1.54) is 6.07 Å². The van der Waals surface area contributed by atoms with Crippen LogP contribution in [0.2, 0.25) is 0 Å². The molecule has 0 fully saturated rings. The van der Waals surface area contributed by atoms with Gasteiger partial charge in [0.05, 0.1) is 24.1 Å². The summed E-state index contributed by atoms with van der Waals surface area (Å²) in [4.78, 5) is 11.1. The fourth-order valence-electron chi connectivity index (χ4n) is 1.63. The summed E-state index contributed by atoms with van der Waals surface area (Å²) in [7, 11) is 0. The number of halogens is 1. The van der Waals surface area contributed by atoms with Crippen LogP contribution in [-0.4, -0.2) is 32.6 Å². The number of nitrogens with zero attached hydrogens (tertiary/aromatic N) is 3. The third-order valence-electron chi connectivity index (χ3n) is 2.53. The summed E-state index contributed by atoms with van der Waals surface area (Å²) in [6.07, 6.45) is 3.22. The molecule has 0 unspecified atom stereocenters. The van der Waals surface area contributed by atoms with Gasteiger partial charge in [-0.2, -0.15) is 0 Å². The van der Waals surface area contributed by atoms with E-state index in [4.69, 9.17) is 10.8 Å². The summed E-state index contributed by atoms with van der Waals surface area (Å²) in [5.74, 6) is -2.03. The summed E-state index contributed by atoms with van der Waals surface area (Å²) in [5, 5.41) is 19.3. The zero-order valence-corrected chi connectivity index (χ0v) is 9.88. The second-order valence-corrected chi connectivity index (χ2v) is 3.78. The van der Waals surface area contributed by atoms with E-state index in [1.54, 1.807) is 17.1 Å². The number of aromatic nitrogens is 3. The summed E-state index contributed by atoms with van der Waals surface area (Å²) in [6.45, 7) is 0.908. The van der Waals surface area contributed by atoms with E-state index in [0.717, 1.165) is 6.07 Å². The van der Waals surface area contributed by atoms with Crippen molar-refractivity contribution in [1.82, 2.24) is 15.0 Å². The van der Waals surface area contributed by atoms with Crippen molar-refractivity contribution in [1.29, 1.82) is 0 Å². The van der Waals surface area contributed by atoms with E-state index in [9.17, 15) is 9.18 Å². The van der Waals surface area contributed by atoms with Crippen molar-refractivity contribution >= 4 is 17.3 Å². The van der Waals surface area contributed by atoms with Crippen molar-refractivity contribution in [2.24, 2.45) is 0 Å². The maximum Gasteiger partial charge on any atom is 0.340 e. The average molecular weight is 265 g/mol.